The molecule has 0 bridgehead atoms. The van der Waals surface area contributed by atoms with E-state index in [1.54, 1.807) is 28.8 Å². The molecular formula is C17H13ClN2O3S3. The normalized spacial score (nSPS) is 12.4. The lowest BCUT2D eigenvalue weighted by molar-refractivity contribution is -0.117. The van der Waals surface area contributed by atoms with E-state index in [2.05, 4.69) is 10.9 Å². The molecule has 0 fully saturated rings. The number of rotatable bonds is 4. The highest BCUT2D eigenvalue weighted by atomic mass is 35.5. The van der Waals surface area contributed by atoms with Gasteiger partial charge in [0.05, 0.1) is 32.4 Å². The molecule has 0 saturated carbocycles. The number of carbonyl (C=O) groups excluding carboxylic acids is 1. The first kappa shape index (κ1) is 18.9. The number of aromatic nitrogens is 1. The number of thiazole rings is 1. The average Bonchev–Trinajstić information content (AvgIpc) is 3.10. The van der Waals surface area contributed by atoms with Crippen molar-refractivity contribution >= 4 is 60.2 Å². The summed E-state index contributed by atoms with van der Waals surface area (Å²) >= 11 is 8.44. The third-order valence-corrected chi connectivity index (χ3v) is 6.89. The molecule has 1 aromatic carbocycles. The minimum atomic E-state index is -3.32. The highest BCUT2D eigenvalue weighted by Crippen LogP contribution is 2.23. The van der Waals surface area contributed by atoms with Crippen molar-refractivity contribution in [2.75, 3.05) is 6.26 Å². The Labute approximate surface area is 163 Å². The Morgan fingerprint density at radius 3 is 2.69 bits per heavy atom. The van der Waals surface area contributed by atoms with Crippen LogP contribution in [0.3, 0.4) is 0 Å². The van der Waals surface area contributed by atoms with Gasteiger partial charge in [0.15, 0.2) is 14.6 Å². The standard InChI is InChI=1S/C17H13ClN2O3S3/c1-3-8-20-13-6-5-12(26(2,22)23)10-14(13)25-17(20)19-16(21)9-11-4-7-15(18)24-11/h1,4-7,10H,8-9H2,2H3. The third-order valence-electron chi connectivity index (χ3n) is 3.51. The summed E-state index contributed by atoms with van der Waals surface area (Å²) < 4.78 is 26.6. The summed E-state index contributed by atoms with van der Waals surface area (Å²) in [4.78, 5) is 17.9. The van der Waals surface area contributed by atoms with Crippen LogP contribution in [0.4, 0.5) is 0 Å². The van der Waals surface area contributed by atoms with Gasteiger partial charge in [0, 0.05) is 11.1 Å². The number of sulfone groups is 1. The maximum Gasteiger partial charge on any atom is 0.253 e. The topological polar surface area (TPSA) is 68.5 Å². The predicted octanol–water partition coefficient (Wildman–Crippen LogP) is 3.12. The molecule has 0 N–H and O–H groups in total. The van der Waals surface area contributed by atoms with E-state index in [9.17, 15) is 13.2 Å². The summed E-state index contributed by atoms with van der Waals surface area (Å²) in [6.45, 7) is 0.231. The largest absolute Gasteiger partial charge is 0.305 e. The number of halogens is 1. The average molecular weight is 425 g/mol. The molecule has 0 spiro atoms. The Morgan fingerprint density at radius 2 is 2.08 bits per heavy atom. The zero-order chi connectivity index (χ0) is 18.9. The van der Waals surface area contributed by atoms with Gasteiger partial charge in [0.1, 0.15) is 0 Å². The molecule has 0 saturated heterocycles. The molecule has 2 heterocycles. The first-order valence-electron chi connectivity index (χ1n) is 7.36. The van der Waals surface area contributed by atoms with Gasteiger partial charge in [0.2, 0.25) is 0 Å². The Hall–Kier alpha value is -1.92. The van der Waals surface area contributed by atoms with Crippen LogP contribution in [0.15, 0.2) is 40.2 Å². The van der Waals surface area contributed by atoms with Crippen LogP contribution in [-0.4, -0.2) is 25.1 Å². The lowest BCUT2D eigenvalue weighted by Gasteiger charge is -2.01. The maximum atomic E-state index is 12.3. The van der Waals surface area contributed by atoms with E-state index in [0.717, 1.165) is 16.6 Å². The second-order valence-electron chi connectivity index (χ2n) is 5.46. The summed E-state index contributed by atoms with van der Waals surface area (Å²) in [5.74, 6) is 2.22. The molecule has 0 atom stereocenters. The number of fused-ring (bicyclic) bond motifs is 1. The molecule has 3 aromatic rings. The molecule has 0 aliphatic heterocycles. The van der Waals surface area contributed by atoms with Crippen molar-refractivity contribution < 1.29 is 13.2 Å². The smallest absolute Gasteiger partial charge is 0.253 e. The molecule has 1 amide bonds. The fourth-order valence-electron chi connectivity index (χ4n) is 2.36. The van der Waals surface area contributed by atoms with Gasteiger partial charge in [-0.15, -0.1) is 17.8 Å². The number of hydrogen-bond acceptors (Lipinski definition) is 5. The van der Waals surface area contributed by atoms with Gasteiger partial charge in [-0.2, -0.15) is 4.99 Å². The van der Waals surface area contributed by atoms with Gasteiger partial charge < -0.3 is 4.57 Å². The van der Waals surface area contributed by atoms with Gasteiger partial charge in [-0.05, 0) is 30.3 Å². The Balaban J connectivity index is 2.07. The molecular weight excluding hydrogens is 412 g/mol. The van der Waals surface area contributed by atoms with Crippen LogP contribution in [0, 0.1) is 12.3 Å². The van der Waals surface area contributed by atoms with Gasteiger partial charge in [0.25, 0.3) is 5.91 Å². The Bertz CT molecular complexity index is 1210. The highest BCUT2D eigenvalue weighted by Gasteiger charge is 2.13. The highest BCUT2D eigenvalue weighted by molar-refractivity contribution is 7.90. The molecule has 0 aliphatic rings. The van der Waals surface area contributed by atoms with Crippen LogP contribution in [0.5, 0.6) is 0 Å². The number of carbonyl (C=O) groups is 1. The van der Waals surface area contributed by atoms with Gasteiger partial charge >= 0.3 is 0 Å². The van der Waals surface area contributed by atoms with Crippen molar-refractivity contribution in [3.8, 4) is 12.3 Å². The van der Waals surface area contributed by atoms with Crippen LogP contribution in [0.1, 0.15) is 4.88 Å². The zero-order valence-corrected chi connectivity index (χ0v) is 16.8. The predicted molar refractivity (Wildman–Crippen MR) is 105 cm³/mol. The second-order valence-corrected chi connectivity index (χ2v) is 10.3. The first-order chi connectivity index (χ1) is 12.3. The van der Waals surface area contributed by atoms with Crippen molar-refractivity contribution in [3.63, 3.8) is 0 Å². The van der Waals surface area contributed by atoms with E-state index in [0.29, 0.717) is 13.8 Å². The van der Waals surface area contributed by atoms with E-state index in [1.165, 1.54) is 28.7 Å². The summed E-state index contributed by atoms with van der Waals surface area (Å²) in [5, 5.41) is 0. The van der Waals surface area contributed by atoms with E-state index in [4.69, 9.17) is 18.0 Å². The fraction of sp³-hybridized carbons (Fsp3) is 0.176. The number of thiophene rings is 1. The molecule has 0 aliphatic carbocycles. The summed E-state index contributed by atoms with van der Waals surface area (Å²) in [5.41, 5.74) is 0.742. The molecule has 5 nitrogen and oxygen atoms in total. The molecule has 0 unspecified atom stereocenters. The minimum Gasteiger partial charge on any atom is -0.305 e. The van der Waals surface area contributed by atoms with Crippen LogP contribution in [-0.2, 0) is 27.6 Å². The van der Waals surface area contributed by atoms with Gasteiger partial charge in [-0.25, -0.2) is 8.42 Å². The van der Waals surface area contributed by atoms with E-state index >= 15 is 0 Å². The summed E-state index contributed by atoms with van der Waals surface area (Å²) in [6.07, 6.45) is 6.73. The summed E-state index contributed by atoms with van der Waals surface area (Å²) in [7, 11) is -3.32. The van der Waals surface area contributed by atoms with Crippen molar-refractivity contribution in [2.45, 2.75) is 17.9 Å². The van der Waals surface area contributed by atoms with Crippen LogP contribution < -0.4 is 4.80 Å². The third kappa shape index (κ3) is 4.07. The lowest BCUT2D eigenvalue weighted by atomic mass is 10.3. The van der Waals surface area contributed by atoms with Crippen molar-refractivity contribution in [3.05, 3.63) is 44.3 Å². The number of benzene rings is 1. The van der Waals surface area contributed by atoms with Crippen LogP contribution >= 0.6 is 34.3 Å². The number of amides is 1. The zero-order valence-electron chi connectivity index (χ0n) is 13.6. The van der Waals surface area contributed by atoms with Gasteiger partial charge in [-0.3, -0.25) is 4.79 Å². The van der Waals surface area contributed by atoms with E-state index in [1.807, 2.05) is 0 Å². The lowest BCUT2D eigenvalue weighted by Crippen LogP contribution is -2.17. The maximum absolute atomic E-state index is 12.3. The SMILES string of the molecule is C#CCn1c(=NC(=O)Cc2ccc(Cl)s2)sc2cc(S(C)(=O)=O)ccc21. The fourth-order valence-corrected chi connectivity index (χ4v) is 5.24. The quantitative estimate of drug-likeness (QED) is 0.604. The number of nitrogens with zero attached hydrogens (tertiary/aromatic N) is 2. The molecule has 134 valence electrons. The molecule has 26 heavy (non-hydrogen) atoms. The molecule has 9 heteroatoms. The van der Waals surface area contributed by atoms with Crippen molar-refractivity contribution in [1.29, 1.82) is 0 Å². The molecule has 0 radical (unpaired) electrons. The number of terminal acetylenes is 1. The second kappa shape index (κ2) is 7.37. The monoisotopic (exact) mass is 424 g/mol. The minimum absolute atomic E-state index is 0.149. The molecule has 2 aromatic heterocycles. The molecule has 3 rings (SSSR count). The van der Waals surface area contributed by atoms with Gasteiger partial charge in [-0.1, -0.05) is 28.9 Å². The van der Waals surface area contributed by atoms with Crippen molar-refractivity contribution in [1.82, 2.24) is 4.57 Å². The van der Waals surface area contributed by atoms with E-state index < -0.39 is 9.84 Å². The van der Waals surface area contributed by atoms with Crippen LogP contribution in [0.2, 0.25) is 4.34 Å². The van der Waals surface area contributed by atoms with Crippen LogP contribution in [0.25, 0.3) is 10.2 Å². The Kier molecular flexibility index (Phi) is 5.34. The van der Waals surface area contributed by atoms with E-state index in [-0.39, 0.29) is 23.8 Å². The number of hydrogen-bond donors (Lipinski definition) is 0. The summed E-state index contributed by atoms with van der Waals surface area (Å²) in [6, 6.07) is 8.31. The first-order valence-corrected chi connectivity index (χ1v) is 11.3. The Morgan fingerprint density at radius 1 is 1.31 bits per heavy atom. The van der Waals surface area contributed by atoms with Crippen molar-refractivity contribution in [2.24, 2.45) is 4.99 Å².